The minimum Gasteiger partial charge on any atom is -0.368 e. The quantitative estimate of drug-likeness (QED) is 0.785. The third-order valence-corrected chi connectivity index (χ3v) is 6.35. The first-order chi connectivity index (χ1) is 11.9. The van der Waals surface area contributed by atoms with Gasteiger partial charge in [0.1, 0.15) is 0 Å². The van der Waals surface area contributed by atoms with Crippen LogP contribution in [0.3, 0.4) is 0 Å². The van der Waals surface area contributed by atoms with Crippen molar-refractivity contribution in [2.75, 3.05) is 31.1 Å². The van der Waals surface area contributed by atoms with Crippen LogP contribution in [0.4, 0.5) is 5.69 Å². The molecule has 3 rings (SSSR count). The predicted octanol–water partition coefficient (Wildman–Crippen LogP) is 3.69. The van der Waals surface area contributed by atoms with Gasteiger partial charge in [-0.1, -0.05) is 17.7 Å². The Morgan fingerprint density at radius 3 is 2.64 bits per heavy atom. The number of nitrogens with two attached hydrogens (primary N) is 1. The molecule has 2 heterocycles. The number of carbonyl (C=O) groups is 1. The zero-order valence-electron chi connectivity index (χ0n) is 14.0. The third-order valence-electron chi connectivity index (χ3n) is 4.47. The molecule has 134 valence electrons. The van der Waals surface area contributed by atoms with Crippen LogP contribution in [0.5, 0.6) is 0 Å². The number of hydrogen-bond acceptors (Lipinski definition) is 4. The van der Waals surface area contributed by atoms with E-state index in [0.29, 0.717) is 19.5 Å². The number of aryl methyl sites for hydroxylation is 1. The van der Waals surface area contributed by atoms with Gasteiger partial charge in [-0.3, -0.25) is 4.79 Å². The normalized spacial score (nSPS) is 16.2. The van der Waals surface area contributed by atoms with Crippen molar-refractivity contribution < 1.29 is 4.79 Å². The number of rotatable bonds is 4. The van der Waals surface area contributed by atoms with Gasteiger partial charge < -0.3 is 15.5 Å². The van der Waals surface area contributed by atoms with Crippen molar-refractivity contribution in [2.24, 2.45) is 5.73 Å². The van der Waals surface area contributed by atoms with Crippen LogP contribution in [-0.4, -0.2) is 43.0 Å². The van der Waals surface area contributed by atoms with E-state index in [1.54, 1.807) is 11.3 Å². The van der Waals surface area contributed by atoms with Gasteiger partial charge in [0, 0.05) is 48.2 Å². The van der Waals surface area contributed by atoms with Gasteiger partial charge in [-0.25, -0.2) is 0 Å². The van der Waals surface area contributed by atoms with Gasteiger partial charge >= 0.3 is 0 Å². The highest BCUT2D eigenvalue weighted by Crippen LogP contribution is 2.26. The number of nitrogens with zero attached hydrogens (tertiary/aromatic N) is 2. The summed E-state index contributed by atoms with van der Waals surface area (Å²) in [5, 5.41) is 0.739. The minimum atomic E-state index is -0.481. The molecule has 1 aromatic heterocycles. The zero-order valence-corrected chi connectivity index (χ0v) is 17.2. The summed E-state index contributed by atoms with van der Waals surface area (Å²) >= 11 is 11.2. The van der Waals surface area contributed by atoms with Crippen molar-refractivity contribution in [2.45, 2.75) is 19.4 Å². The molecule has 7 heteroatoms. The van der Waals surface area contributed by atoms with Gasteiger partial charge in [0.2, 0.25) is 5.91 Å². The standard InChI is InChI=1S/C18H21BrClN3OS/c1-12-2-3-13(20)10-16(12)22-6-8-23(9-7-22)18(24)15(21)11-14-4-5-17(19)25-14/h2-5,10,15H,6-9,11,21H2,1H3. The highest BCUT2D eigenvalue weighted by Gasteiger charge is 2.26. The van der Waals surface area contributed by atoms with Crippen LogP contribution in [-0.2, 0) is 11.2 Å². The number of anilines is 1. The summed E-state index contributed by atoms with van der Waals surface area (Å²) in [6.07, 6.45) is 0.586. The van der Waals surface area contributed by atoms with E-state index in [4.69, 9.17) is 17.3 Å². The van der Waals surface area contributed by atoms with E-state index in [1.807, 2.05) is 35.2 Å². The van der Waals surface area contributed by atoms with E-state index in [1.165, 1.54) is 5.56 Å². The number of carbonyl (C=O) groups excluding carboxylic acids is 1. The molecule has 1 aliphatic rings. The second-order valence-electron chi connectivity index (χ2n) is 6.26. The Morgan fingerprint density at radius 2 is 2.00 bits per heavy atom. The molecule has 1 atom stereocenters. The van der Waals surface area contributed by atoms with Crippen LogP contribution in [0.2, 0.25) is 5.02 Å². The van der Waals surface area contributed by atoms with Gasteiger partial charge in [0.25, 0.3) is 0 Å². The fraction of sp³-hybridized carbons (Fsp3) is 0.389. The fourth-order valence-electron chi connectivity index (χ4n) is 3.09. The Labute approximate surface area is 165 Å². The summed E-state index contributed by atoms with van der Waals surface area (Å²) in [7, 11) is 0. The first-order valence-corrected chi connectivity index (χ1v) is 10.2. The maximum atomic E-state index is 12.6. The number of amides is 1. The van der Waals surface area contributed by atoms with E-state index in [-0.39, 0.29) is 5.91 Å². The molecule has 0 saturated carbocycles. The second-order valence-corrected chi connectivity index (χ2v) is 9.24. The Hall–Kier alpha value is -1.08. The molecule has 2 N–H and O–H groups in total. The highest BCUT2D eigenvalue weighted by atomic mass is 79.9. The first kappa shape index (κ1) is 18.7. The molecule has 0 aliphatic carbocycles. The molecule has 1 aliphatic heterocycles. The topological polar surface area (TPSA) is 49.6 Å². The zero-order chi connectivity index (χ0) is 18.0. The fourth-order valence-corrected chi connectivity index (χ4v) is 4.80. The van der Waals surface area contributed by atoms with Crippen molar-refractivity contribution in [3.63, 3.8) is 0 Å². The van der Waals surface area contributed by atoms with Crippen LogP contribution >= 0.6 is 38.9 Å². The Balaban J connectivity index is 1.58. The molecule has 25 heavy (non-hydrogen) atoms. The Kier molecular flexibility index (Phi) is 6.04. The minimum absolute atomic E-state index is 0.0342. The summed E-state index contributed by atoms with van der Waals surface area (Å²) < 4.78 is 1.06. The van der Waals surface area contributed by atoms with Crippen molar-refractivity contribution in [3.8, 4) is 0 Å². The Bertz CT molecular complexity index is 759. The van der Waals surface area contributed by atoms with Crippen molar-refractivity contribution in [3.05, 3.63) is 49.6 Å². The SMILES string of the molecule is Cc1ccc(Cl)cc1N1CCN(C(=O)C(N)Cc2ccc(Br)s2)CC1. The van der Waals surface area contributed by atoms with Crippen LogP contribution < -0.4 is 10.6 Å². The maximum absolute atomic E-state index is 12.6. The van der Waals surface area contributed by atoms with E-state index in [2.05, 4.69) is 27.8 Å². The maximum Gasteiger partial charge on any atom is 0.239 e. The molecule has 2 aromatic rings. The molecule has 1 aromatic carbocycles. The van der Waals surface area contributed by atoms with Crippen molar-refractivity contribution in [1.82, 2.24) is 4.90 Å². The molecule has 0 spiro atoms. The number of thiophene rings is 1. The van der Waals surface area contributed by atoms with Gasteiger partial charge in [0.15, 0.2) is 0 Å². The first-order valence-electron chi connectivity index (χ1n) is 8.23. The third kappa shape index (κ3) is 4.56. The number of hydrogen-bond donors (Lipinski definition) is 1. The average Bonchev–Trinajstić information content (AvgIpc) is 3.01. The summed E-state index contributed by atoms with van der Waals surface area (Å²) in [5.41, 5.74) is 8.49. The molecule has 4 nitrogen and oxygen atoms in total. The number of piperazine rings is 1. The lowest BCUT2D eigenvalue weighted by atomic mass is 10.1. The van der Waals surface area contributed by atoms with Gasteiger partial charge in [-0.15, -0.1) is 11.3 Å². The van der Waals surface area contributed by atoms with E-state index in [9.17, 15) is 4.79 Å². The highest BCUT2D eigenvalue weighted by molar-refractivity contribution is 9.11. The van der Waals surface area contributed by atoms with Crippen molar-refractivity contribution >= 4 is 50.5 Å². The average molecular weight is 443 g/mol. The summed E-state index contributed by atoms with van der Waals surface area (Å²) in [5.74, 6) is 0.0342. The largest absolute Gasteiger partial charge is 0.368 e. The second kappa shape index (κ2) is 8.08. The van der Waals surface area contributed by atoms with Crippen molar-refractivity contribution in [1.29, 1.82) is 0 Å². The monoisotopic (exact) mass is 441 g/mol. The smallest absolute Gasteiger partial charge is 0.239 e. The van der Waals surface area contributed by atoms with Crippen LogP contribution in [0.1, 0.15) is 10.4 Å². The lowest BCUT2D eigenvalue weighted by molar-refractivity contribution is -0.132. The van der Waals surface area contributed by atoms with E-state index >= 15 is 0 Å². The lowest BCUT2D eigenvalue weighted by Crippen LogP contribution is -2.53. The molecule has 1 fully saturated rings. The summed E-state index contributed by atoms with van der Waals surface area (Å²) in [6.45, 7) is 5.05. The van der Waals surface area contributed by atoms with Crippen LogP contribution in [0, 0.1) is 6.92 Å². The lowest BCUT2D eigenvalue weighted by Gasteiger charge is -2.37. The Morgan fingerprint density at radius 1 is 1.28 bits per heavy atom. The molecule has 1 saturated heterocycles. The molecule has 0 radical (unpaired) electrons. The van der Waals surface area contributed by atoms with E-state index < -0.39 is 6.04 Å². The summed E-state index contributed by atoms with van der Waals surface area (Å²) in [6, 6.07) is 9.46. The summed E-state index contributed by atoms with van der Waals surface area (Å²) in [4.78, 5) is 17.9. The predicted molar refractivity (Wildman–Crippen MR) is 109 cm³/mol. The molecule has 1 amide bonds. The number of benzene rings is 1. The molecular formula is C18H21BrClN3OS. The number of halogens is 2. The molecule has 0 bridgehead atoms. The van der Waals surface area contributed by atoms with E-state index in [0.717, 1.165) is 32.5 Å². The molecular weight excluding hydrogens is 422 g/mol. The van der Waals surface area contributed by atoms with Gasteiger partial charge in [-0.05, 0) is 52.7 Å². The molecule has 1 unspecified atom stereocenters. The van der Waals surface area contributed by atoms with Crippen LogP contribution in [0.25, 0.3) is 0 Å². The van der Waals surface area contributed by atoms with Gasteiger partial charge in [0.05, 0.1) is 9.83 Å². The van der Waals surface area contributed by atoms with Gasteiger partial charge in [-0.2, -0.15) is 0 Å². The van der Waals surface area contributed by atoms with Crippen LogP contribution in [0.15, 0.2) is 34.1 Å².